The molecule has 0 aliphatic carbocycles. The Kier molecular flexibility index (Phi) is 10.3. The van der Waals surface area contributed by atoms with Crippen molar-refractivity contribution in [3.05, 3.63) is 78.2 Å². The van der Waals surface area contributed by atoms with Gasteiger partial charge in [0, 0.05) is 24.4 Å². The van der Waals surface area contributed by atoms with E-state index >= 15 is 0 Å². The van der Waals surface area contributed by atoms with Crippen LogP contribution < -0.4 is 10.0 Å². The minimum Gasteiger partial charge on any atom is -0.480 e. The van der Waals surface area contributed by atoms with Crippen LogP contribution in [0.5, 0.6) is 0 Å². The number of amides is 1. The minimum absolute atomic E-state index is 0.1000. The maximum Gasteiger partial charge on any atom is 0.370 e. The molecule has 1 amide bonds. The van der Waals surface area contributed by atoms with E-state index in [2.05, 4.69) is 20.4 Å². The van der Waals surface area contributed by atoms with E-state index in [1.54, 1.807) is 61.5 Å². The SMILES string of the molecule is C[C@H]1[C@H]([C@H](O)[C@H](O)CO)OC(C(=O)O)=C[C@@H]1n1cc(-c2ccccc2NC(=O)CCNS(=O)(=O)Cc2ccccc2)nn1. The van der Waals surface area contributed by atoms with E-state index in [0.717, 1.165) is 0 Å². The van der Waals surface area contributed by atoms with Gasteiger partial charge >= 0.3 is 5.97 Å². The van der Waals surface area contributed by atoms with Crippen molar-refractivity contribution in [2.24, 2.45) is 5.92 Å². The molecule has 2 aromatic carbocycles. The summed E-state index contributed by atoms with van der Waals surface area (Å²) in [7, 11) is -3.64. The van der Waals surface area contributed by atoms with E-state index in [-0.39, 0.29) is 18.7 Å². The Balaban J connectivity index is 1.46. The van der Waals surface area contributed by atoms with Crippen molar-refractivity contribution in [3.8, 4) is 11.3 Å². The van der Waals surface area contributed by atoms with Crippen molar-refractivity contribution in [3.63, 3.8) is 0 Å². The maximum absolute atomic E-state index is 12.7. The zero-order chi connectivity index (χ0) is 31.1. The Morgan fingerprint density at radius 2 is 1.79 bits per heavy atom. The molecule has 0 saturated heterocycles. The highest BCUT2D eigenvalue weighted by molar-refractivity contribution is 7.88. The largest absolute Gasteiger partial charge is 0.480 e. The number of aliphatic hydroxyl groups excluding tert-OH is 3. The molecule has 6 N–H and O–H groups in total. The van der Waals surface area contributed by atoms with Crippen molar-refractivity contribution >= 4 is 27.6 Å². The third kappa shape index (κ3) is 8.03. The van der Waals surface area contributed by atoms with Gasteiger partial charge < -0.3 is 30.5 Å². The molecular weight excluding hydrogens is 582 g/mol. The fourth-order valence-electron chi connectivity index (χ4n) is 4.68. The molecule has 0 spiro atoms. The van der Waals surface area contributed by atoms with Crippen LogP contribution in [0.15, 0.2) is 72.6 Å². The second kappa shape index (κ2) is 13.9. The van der Waals surface area contributed by atoms with Gasteiger partial charge in [-0.1, -0.05) is 60.7 Å². The summed E-state index contributed by atoms with van der Waals surface area (Å²) in [6.45, 7) is 0.818. The monoisotopic (exact) mass is 615 g/mol. The Morgan fingerprint density at radius 1 is 1.09 bits per heavy atom. The summed E-state index contributed by atoms with van der Waals surface area (Å²) in [5.74, 6) is -3.09. The number of aromatic nitrogens is 3. The Morgan fingerprint density at radius 3 is 2.49 bits per heavy atom. The number of nitrogens with zero attached hydrogens (tertiary/aromatic N) is 3. The first kappa shape index (κ1) is 31.8. The van der Waals surface area contributed by atoms with E-state index in [9.17, 15) is 38.4 Å². The molecule has 43 heavy (non-hydrogen) atoms. The number of rotatable bonds is 13. The number of hydrogen-bond donors (Lipinski definition) is 6. The smallest absolute Gasteiger partial charge is 0.370 e. The van der Waals surface area contributed by atoms with Crippen molar-refractivity contribution in [1.82, 2.24) is 19.7 Å². The van der Waals surface area contributed by atoms with Gasteiger partial charge in [0.2, 0.25) is 21.7 Å². The lowest BCUT2D eigenvalue weighted by Gasteiger charge is -2.37. The van der Waals surface area contributed by atoms with Gasteiger partial charge in [-0.25, -0.2) is 22.6 Å². The van der Waals surface area contributed by atoms with Crippen LogP contribution in [0.4, 0.5) is 5.69 Å². The first-order valence-electron chi connectivity index (χ1n) is 13.4. The molecule has 3 aromatic rings. The van der Waals surface area contributed by atoms with E-state index in [1.807, 2.05) is 0 Å². The lowest BCUT2D eigenvalue weighted by atomic mass is 9.87. The highest BCUT2D eigenvalue weighted by atomic mass is 32.2. The third-order valence-corrected chi connectivity index (χ3v) is 8.29. The van der Waals surface area contributed by atoms with Crippen molar-refractivity contribution in [2.45, 2.75) is 43.5 Å². The number of nitrogens with one attached hydrogen (secondary N) is 2. The number of ether oxygens (including phenoxy) is 1. The van der Waals surface area contributed by atoms with Crippen LogP contribution in [0, 0.1) is 5.92 Å². The zero-order valence-corrected chi connectivity index (χ0v) is 24.0. The predicted octanol–water partition coefficient (Wildman–Crippen LogP) is 0.652. The van der Waals surface area contributed by atoms with Gasteiger partial charge in [0.25, 0.3) is 0 Å². The zero-order valence-electron chi connectivity index (χ0n) is 23.1. The van der Waals surface area contributed by atoms with E-state index in [1.165, 1.54) is 17.0 Å². The van der Waals surface area contributed by atoms with Gasteiger partial charge in [-0.05, 0) is 17.7 Å². The molecule has 0 bridgehead atoms. The number of carbonyl (C=O) groups is 2. The quantitative estimate of drug-likeness (QED) is 0.157. The molecule has 1 aliphatic heterocycles. The number of anilines is 1. The number of benzene rings is 2. The molecule has 5 atom stereocenters. The van der Waals surface area contributed by atoms with Crippen LogP contribution >= 0.6 is 0 Å². The van der Waals surface area contributed by atoms with Gasteiger partial charge in [0.05, 0.1) is 30.3 Å². The number of sulfonamides is 1. The molecular formula is C28H33N5O9S. The number of hydrogen-bond acceptors (Lipinski definition) is 10. The summed E-state index contributed by atoms with van der Waals surface area (Å²) in [6.07, 6.45) is -1.58. The molecule has 1 aromatic heterocycles. The second-order valence-electron chi connectivity index (χ2n) is 10.1. The Bertz CT molecular complexity index is 1560. The molecule has 0 radical (unpaired) electrons. The number of carbonyl (C=O) groups excluding carboxylic acids is 1. The Labute approximate surface area is 247 Å². The molecule has 15 heteroatoms. The second-order valence-corrected chi connectivity index (χ2v) is 11.9. The van der Waals surface area contributed by atoms with Crippen LogP contribution in [0.1, 0.15) is 24.9 Å². The van der Waals surface area contributed by atoms with Crippen LogP contribution in [-0.4, -0.2) is 87.2 Å². The molecule has 1 aliphatic rings. The summed E-state index contributed by atoms with van der Waals surface area (Å²) >= 11 is 0. The standard InChI is InChI=1S/C28H33N5O9S/c1-17-22(13-24(28(38)39)42-27(17)26(37)23(35)15-34)33-14-21(31-32-33)19-9-5-6-10-20(19)30-25(36)11-12-29-43(40,41)16-18-7-3-2-4-8-18/h2-10,13-14,17,22-23,26-27,29,34-35,37H,11-12,15-16H2,1H3,(H,30,36)(H,38,39)/t17-,22+,23-,26-,27-/m1/s1. The fraction of sp³-hybridized carbons (Fsp3) is 0.357. The lowest BCUT2D eigenvalue weighted by molar-refractivity contribution is -0.148. The number of aliphatic hydroxyl groups is 3. The highest BCUT2D eigenvalue weighted by Crippen LogP contribution is 2.35. The van der Waals surface area contributed by atoms with Gasteiger partial charge in [-0.3, -0.25) is 4.79 Å². The normalized spacial score (nSPS) is 20.0. The van der Waals surface area contributed by atoms with Crippen LogP contribution in [-0.2, 0) is 30.1 Å². The van der Waals surface area contributed by atoms with Gasteiger partial charge in [0.1, 0.15) is 24.0 Å². The first-order chi connectivity index (χ1) is 20.5. The summed E-state index contributed by atoms with van der Waals surface area (Å²) in [6, 6.07) is 14.7. The molecule has 2 heterocycles. The molecule has 0 fully saturated rings. The summed E-state index contributed by atoms with van der Waals surface area (Å²) in [4.78, 5) is 24.4. The van der Waals surface area contributed by atoms with Crippen molar-refractivity contribution in [2.75, 3.05) is 18.5 Å². The summed E-state index contributed by atoms with van der Waals surface area (Å²) in [5.41, 5.74) is 1.87. The fourth-order valence-corrected chi connectivity index (χ4v) is 5.83. The highest BCUT2D eigenvalue weighted by Gasteiger charge is 2.41. The summed E-state index contributed by atoms with van der Waals surface area (Å²) in [5, 5.41) is 50.3. The van der Waals surface area contributed by atoms with Crippen LogP contribution in [0.3, 0.4) is 0 Å². The van der Waals surface area contributed by atoms with Crippen molar-refractivity contribution < 1.29 is 43.2 Å². The van der Waals surface area contributed by atoms with Crippen molar-refractivity contribution in [1.29, 1.82) is 0 Å². The predicted molar refractivity (Wildman–Crippen MR) is 154 cm³/mol. The number of carboxylic acid groups (broad SMARTS) is 1. The molecule has 14 nitrogen and oxygen atoms in total. The topological polar surface area (TPSA) is 213 Å². The van der Waals surface area contributed by atoms with Crippen LogP contribution in [0.2, 0.25) is 0 Å². The van der Waals surface area contributed by atoms with E-state index < -0.39 is 64.5 Å². The molecule has 0 saturated carbocycles. The molecule has 230 valence electrons. The lowest BCUT2D eigenvalue weighted by Crippen LogP contribution is -2.48. The first-order valence-corrected chi connectivity index (χ1v) is 15.1. The van der Waals surface area contributed by atoms with E-state index in [0.29, 0.717) is 22.5 Å². The molecule has 0 unspecified atom stereocenters. The number of carboxylic acids is 1. The Hall–Kier alpha value is -4.15. The number of para-hydroxylation sites is 1. The number of allylic oxidation sites excluding steroid dienone is 1. The van der Waals surface area contributed by atoms with Gasteiger partial charge in [-0.2, -0.15) is 0 Å². The van der Waals surface area contributed by atoms with E-state index in [4.69, 9.17) is 4.74 Å². The van der Waals surface area contributed by atoms with Crippen LogP contribution in [0.25, 0.3) is 11.3 Å². The summed E-state index contributed by atoms with van der Waals surface area (Å²) < 4.78 is 33.9. The average molecular weight is 616 g/mol. The number of aliphatic carboxylic acids is 1. The van der Waals surface area contributed by atoms with Gasteiger partial charge in [0.15, 0.2) is 0 Å². The average Bonchev–Trinajstić information content (AvgIpc) is 3.46. The maximum atomic E-state index is 12.7. The molecule has 4 rings (SSSR count). The third-order valence-electron chi connectivity index (χ3n) is 6.94. The van der Waals surface area contributed by atoms with Gasteiger partial charge in [-0.15, -0.1) is 5.10 Å². The minimum atomic E-state index is -3.64.